The van der Waals surface area contributed by atoms with E-state index in [0.29, 0.717) is 23.5 Å². The van der Waals surface area contributed by atoms with Crippen LogP contribution in [0, 0.1) is 6.92 Å². The van der Waals surface area contributed by atoms with Crippen LogP contribution in [0.15, 0.2) is 90.6 Å². The summed E-state index contributed by atoms with van der Waals surface area (Å²) < 4.78 is 10.9. The van der Waals surface area contributed by atoms with Gasteiger partial charge in [-0.25, -0.2) is 10.2 Å². The first-order valence-electron chi connectivity index (χ1n) is 10.1. The molecule has 32 heavy (non-hydrogen) atoms. The van der Waals surface area contributed by atoms with Crippen molar-refractivity contribution in [2.45, 2.75) is 13.3 Å². The first-order valence-corrected chi connectivity index (χ1v) is 10.1. The quantitative estimate of drug-likeness (QED) is 0.179. The molecule has 0 aliphatic rings. The van der Waals surface area contributed by atoms with Crippen molar-refractivity contribution < 1.29 is 19.1 Å². The Kier molecular flexibility index (Phi) is 7.92. The molecule has 0 spiro atoms. The zero-order valence-electron chi connectivity index (χ0n) is 17.8. The van der Waals surface area contributed by atoms with Crippen molar-refractivity contribution in [1.29, 1.82) is 0 Å². The van der Waals surface area contributed by atoms with Gasteiger partial charge in [0.2, 0.25) is 0 Å². The van der Waals surface area contributed by atoms with Crippen LogP contribution in [0.3, 0.4) is 0 Å². The van der Waals surface area contributed by atoms with Gasteiger partial charge in [-0.3, -0.25) is 4.79 Å². The number of carbonyl (C=O) groups excluding carboxylic acids is 2. The number of allylic oxidation sites excluding steroid dienone is 1. The maximum atomic E-state index is 12.2. The van der Waals surface area contributed by atoms with Crippen molar-refractivity contribution in [2.75, 3.05) is 6.61 Å². The Morgan fingerprint density at radius 3 is 2.44 bits per heavy atom. The summed E-state index contributed by atoms with van der Waals surface area (Å²) in [6, 6.07) is 21.4. The van der Waals surface area contributed by atoms with E-state index in [-0.39, 0.29) is 12.5 Å². The average molecular weight is 428 g/mol. The highest BCUT2D eigenvalue weighted by atomic mass is 16.5. The Bertz CT molecular complexity index is 1100. The molecule has 0 aromatic heterocycles. The fourth-order valence-electron chi connectivity index (χ4n) is 2.80. The largest absolute Gasteiger partial charge is 0.483 e. The lowest BCUT2D eigenvalue weighted by Gasteiger charge is -2.09. The van der Waals surface area contributed by atoms with Gasteiger partial charge in [0, 0.05) is 0 Å². The highest BCUT2D eigenvalue weighted by Crippen LogP contribution is 2.18. The predicted molar refractivity (Wildman–Crippen MR) is 124 cm³/mol. The van der Waals surface area contributed by atoms with Crippen LogP contribution in [0.4, 0.5) is 0 Å². The first kappa shape index (κ1) is 22.5. The van der Waals surface area contributed by atoms with E-state index in [0.717, 1.165) is 16.7 Å². The second kappa shape index (κ2) is 11.3. The third kappa shape index (κ3) is 6.67. The minimum absolute atomic E-state index is 0.153. The Morgan fingerprint density at radius 1 is 1.00 bits per heavy atom. The van der Waals surface area contributed by atoms with Crippen molar-refractivity contribution >= 4 is 18.1 Å². The predicted octanol–water partition coefficient (Wildman–Crippen LogP) is 4.47. The van der Waals surface area contributed by atoms with Crippen LogP contribution in [0.25, 0.3) is 0 Å². The number of ether oxygens (including phenoxy) is 2. The number of aryl methyl sites for hydroxylation is 1. The average Bonchev–Trinajstić information content (AvgIpc) is 2.80. The lowest BCUT2D eigenvalue weighted by molar-refractivity contribution is -0.123. The molecule has 3 aromatic carbocycles. The molecule has 0 saturated carbocycles. The molecule has 0 radical (unpaired) electrons. The number of amides is 1. The summed E-state index contributed by atoms with van der Waals surface area (Å²) in [4.78, 5) is 24.1. The van der Waals surface area contributed by atoms with Gasteiger partial charge in [0.15, 0.2) is 6.61 Å². The van der Waals surface area contributed by atoms with Gasteiger partial charge < -0.3 is 9.47 Å². The van der Waals surface area contributed by atoms with Gasteiger partial charge in [-0.2, -0.15) is 5.10 Å². The van der Waals surface area contributed by atoms with Gasteiger partial charge in [0.05, 0.1) is 11.8 Å². The molecule has 0 aliphatic carbocycles. The molecule has 162 valence electrons. The number of rotatable bonds is 9. The third-order valence-corrected chi connectivity index (χ3v) is 4.48. The highest BCUT2D eigenvalue weighted by Gasteiger charge is 2.08. The fraction of sp³-hybridized carbons (Fsp3) is 0.115. The van der Waals surface area contributed by atoms with Crippen molar-refractivity contribution in [3.8, 4) is 11.5 Å². The van der Waals surface area contributed by atoms with Crippen LogP contribution in [-0.4, -0.2) is 24.7 Å². The summed E-state index contributed by atoms with van der Waals surface area (Å²) in [5.74, 6) is 0.261. The minimum atomic E-state index is -0.423. The smallest absolute Gasteiger partial charge is 0.343 e. The Labute approximate surface area is 187 Å². The molecule has 0 bridgehead atoms. The van der Waals surface area contributed by atoms with Crippen LogP contribution in [0.5, 0.6) is 11.5 Å². The number of carbonyl (C=O) groups is 2. The number of para-hydroxylation sites is 1. The molecule has 6 nitrogen and oxygen atoms in total. The highest BCUT2D eigenvalue weighted by molar-refractivity contribution is 5.91. The van der Waals surface area contributed by atoms with E-state index >= 15 is 0 Å². The molecule has 3 rings (SSSR count). The molecule has 0 unspecified atom stereocenters. The van der Waals surface area contributed by atoms with Crippen molar-refractivity contribution in [2.24, 2.45) is 5.10 Å². The fourth-order valence-corrected chi connectivity index (χ4v) is 2.80. The van der Waals surface area contributed by atoms with Gasteiger partial charge in [0.25, 0.3) is 5.91 Å². The summed E-state index contributed by atoms with van der Waals surface area (Å²) >= 11 is 0. The van der Waals surface area contributed by atoms with E-state index in [1.165, 1.54) is 6.21 Å². The number of hydrogen-bond acceptors (Lipinski definition) is 5. The SMILES string of the molecule is C=CCc1ccccc1OCC(=O)N/N=C\c1ccc(OC(=O)c2ccc(C)cc2)cc1. The Hall–Kier alpha value is -4.19. The van der Waals surface area contributed by atoms with Crippen LogP contribution in [-0.2, 0) is 11.2 Å². The maximum absolute atomic E-state index is 12.2. The minimum Gasteiger partial charge on any atom is -0.483 e. The number of benzene rings is 3. The van der Waals surface area contributed by atoms with E-state index in [1.54, 1.807) is 42.5 Å². The van der Waals surface area contributed by atoms with Crippen LogP contribution < -0.4 is 14.9 Å². The van der Waals surface area contributed by atoms with Gasteiger partial charge in [0.1, 0.15) is 11.5 Å². The molecule has 0 atom stereocenters. The Balaban J connectivity index is 1.47. The molecule has 0 aliphatic heterocycles. The molecule has 1 amide bonds. The van der Waals surface area contributed by atoms with Crippen LogP contribution >= 0.6 is 0 Å². The molecule has 1 N–H and O–H groups in total. The molecule has 0 fully saturated rings. The van der Waals surface area contributed by atoms with E-state index in [4.69, 9.17) is 9.47 Å². The maximum Gasteiger partial charge on any atom is 0.343 e. The second-order valence-corrected chi connectivity index (χ2v) is 7.01. The number of nitrogens with one attached hydrogen (secondary N) is 1. The number of hydrazone groups is 1. The van der Waals surface area contributed by atoms with Crippen molar-refractivity contribution in [3.63, 3.8) is 0 Å². The topological polar surface area (TPSA) is 77.0 Å². The van der Waals surface area contributed by atoms with E-state index in [9.17, 15) is 9.59 Å². The summed E-state index contributed by atoms with van der Waals surface area (Å²) in [6.45, 7) is 5.52. The second-order valence-electron chi connectivity index (χ2n) is 7.01. The number of nitrogens with zero attached hydrogens (tertiary/aromatic N) is 1. The normalized spacial score (nSPS) is 10.5. The molecule has 6 heteroatoms. The number of hydrogen-bond donors (Lipinski definition) is 1. The standard InChI is InChI=1S/C26H24N2O4/c1-3-6-21-7-4-5-8-24(21)31-18-25(29)28-27-17-20-11-15-23(16-12-20)32-26(30)22-13-9-19(2)10-14-22/h3-5,7-17H,1,6,18H2,2H3,(H,28,29)/b27-17-. The zero-order chi connectivity index (χ0) is 22.8. The molecular weight excluding hydrogens is 404 g/mol. The van der Waals surface area contributed by atoms with Crippen LogP contribution in [0.2, 0.25) is 0 Å². The van der Waals surface area contributed by atoms with Crippen LogP contribution in [0.1, 0.15) is 27.0 Å². The van der Waals surface area contributed by atoms with Gasteiger partial charge in [-0.05, 0) is 66.9 Å². The summed E-state index contributed by atoms with van der Waals surface area (Å²) in [6.07, 6.45) is 3.93. The third-order valence-electron chi connectivity index (χ3n) is 4.48. The van der Waals surface area contributed by atoms with Gasteiger partial charge >= 0.3 is 5.97 Å². The molecular formula is C26H24N2O4. The van der Waals surface area contributed by atoms with Gasteiger partial charge in [-0.1, -0.05) is 42.0 Å². The van der Waals surface area contributed by atoms with E-state index in [1.807, 2.05) is 43.3 Å². The lowest BCUT2D eigenvalue weighted by atomic mass is 10.1. The Morgan fingerprint density at radius 2 is 1.72 bits per heavy atom. The first-order chi connectivity index (χ1) is 15.5. The van der Waals surface area contributed by atoms with Crippen molar-refractivity contribution in [1.82, 2.24) is 5.43 Å². The van der Waals surface area contributed by atoms with E-state index in [2.05, 4.69) is 17.1 Å². The van der Waals surface area contributed by atoms with Gasteiger partial charge in [-0.15, -0.1) is 6.58 Å². The lowest BCUT2D eigenvalue weighted by Crippen LogP contribution is -2.24. The summed E-state index contributed by atoms with van der Waals surface area (Å²) in [5.41, 5.74) is 5.68. The van der Waals surface area contributed by atoms with Crippen molar-refractivity contribution in [3.05, 3.63) is 108 Å². The molecule has 3 aromatic rings. The number of esters is 1. The van der Waals surface area contributed by atoms with E-state index < -0.39 is 5.97 Å². The molecule has 0 saturated heterocycles. The summed E-state index contributed by atoms with van der Waals surface area (Å²) in [7, 11) is 0. The molecule has 0 heterocycles. The summed E-state index contributed by atoms with van der Waals surface area (Å²) in [5, 5.41) is 3.93. The monoisotopic (exact) mass is 428 g/mol. The zero-order valence-corrected chi connectivity index (χ0v) is 17.8.